The van der Waals surface area contributed by atoms with Crippen LogP contribution in [-0.4, -0.2) is 0 Å². The zero-order chi connectivity index (χ0) is 37.1. The topological polar surface area (TPSA) is 13.1 Å². The van der Waals surface area contributed by atoms with Crippen molar-refractivity contribution in [2.24, 2.45) is 0 Å². The first kappa shape index (κ1) is 31.4. The third kappa shape index (κ3) is 4.31. The van der Waals surface area contributed by atoms with Gasteiger partial charge in [0, 0.05) is 16.2 Å². The number of hydrogen-bond acceptors (Lipinski definition) is 1. The fourth-order valence-electron chi connectivity index (χ4n) is 10.0. The van der Waals surface area contributed by atoms with E-state index >= 15 is 0 Å². The fraction of sp³-hybridized carbons (Fsp3) is 0.0545. The van der Waals surface area contributed by atoms with Gasteiger partial charge in [0.1, 0.15) is 11.2 Å². The van der Waals surface area contributed by atoms with Crippen molar-refractivity contribution in [1.82, 2.24) is 0 Å². The fourth-order valence-corrected chi connectivity index (χ4v) is 10.0. The van der Waals surface area contributed by atoms with Crippen LogP contribution in [0.15, 0.2) is 186 Å². The average molecular weight is 713 g/mol. The van der Waals surface area contributed by atoms with E-state index in [1.165, 1.54) is 109 Å². The Balaban J connectivity index is 1.08. The van der Waals surface area contributed by atoms with Crippen molar-refractivity contribution in [3.8, 4) is 44.5 Å². The summed E-state index contributed by atoms with van der Waals surface area (Å²) in [5.41, 5.74) is 14.5. The molecule has 0 saturated heterocycles. The zero-order valence-corrected chi connectivity index (χ0v) is 31.2. The average Bonchev–Trinajstić information content (AvgIpc) is 3.73. The van der Waals surface area contributed by atoms with E-state index in [1.807, 2.05) is 0 Å². The van der Waals surface area contributed by atoms with E-state index in [1.54, 1.807) is 0 Å². The quantitative estimate of drug-likeness (QED) is 0.166. The third-order valence-corrected chi connectivity index (χ3v) is 12.7. The van der Waals surface area contributed by atoms with Crippen molar-refractivity contribution >= 4 is 65.0 Å². The second-order valence-electron chi connectivity index (χ2n) is 16.0. The molecule has 1 nitrogen and oxygen atoms in total. The van der Waals surface area contributed by atoms with Crippen LogP contribution in [0, 0.1) is 0 Å². The lowest BCUT2D eigenvalue weighted by Crippen LogP contribution is -2.15. The minimum atomic E-state index is -0.207. The lowest BCUT2D eigenvalue weighted by Gasteiger charge is -2.23. The first-order valence-electron chi connectivity index (χ1n) is 19.6. The first-order valence-corrected chi connectivity index (χ1v) is 19.6. The van der Waals surface area contributed by atoms with Gasteiger partial charge in [-0.25, -0.2) is 0 Å². The van der Waals surface area contributed by atoms with E-state index in [2.05, 4.69) is 196 Å². The minimum absolute atomic E-state index is 0.207. The van der Waals surface area contributed by atoms with E-state index < -0.39 is 0 Å². The number of fused-ring (bicyclic) bond motifs is 11. The molecule has 1 heterocycles. The summed E-state index contributed by atoms with van der Waals surface area (Å²) in [7, 11) is 0. The lowest BCUT2D eigenvalue weighted by atomic mass is 9.80. The normalized spacial score (nSPS) is 13.3. The maximum Gasteiger partial charge on any atom is 0.136 e. The molecule has 12 rings (SSSR count). The SMILES string of the molecule is CC1(C)c2cc(-c3c4ccccc4c(-c4ccc(-c5ccccc5)c5ccccc45)c4ccccc34)ccc2-c2cc3c(cc21)oc1ccc2ccccc2c13. The maximum absolute atomic E-state index is 6.57. The Morgan fingerprint density at radius 1 is 0.339 bits per heavy atom. The Labute approximate surface area is 325 Å². The molecule has 262 valence electrons. The summed E-state index contributed by atoms with van der Waals surface area (Å²) in [6.45, 7) is 4.74. The molecule has 0 spiro atoms. The van der Waals surface area contributed by atoms with Gasteiger partial charge in [-0.15, -0.1) is 0 Å². The number of furan rings is 1. The lowest BCUT2D eigenvalue weighted by molar-refractivity contribution is 0.647. The Bertz CT molecular complexity index is 3380. The molecule has 0 fully saturated rings. The van der Waals surface area contributed by atoms with Crippen LogP contribution < -0.4 is 0 Å². The molecule has 0 amide bonds. The van der Waals surface area contributed by atoms with Gasteiger partial charge >= 0.3 is 0 Å². The molecule has 0 saturated carbocycles. The summed E-state index contributed by atoms with van der Waals surface area (Å²) in [5.74, 6) is 0. The summed E-state index contributed by atoms with van der Waals surface area (Å²) in [6.07, 6.45) is 0. The Hall–Kier alpha value is -6.96. The van der Waals surface area contributed by atoms with E-state index in [0.29, 0.717) is 0 Å². The Morgan fingerprint density at radius 2 is 0.893 bits per heavy atom. The van der Waals surface area contributed by atoms with E-state index in [4.69, 9.17) is 4.42 Å². The van der Waals surface area contributed by atoms with Crippen molar-refractivity contribution < 1.29 is 4.42 Å². The molecule has 0 N–H and O–H groups in total. The van der Waals surface area contributed by atoms with E-state index in [-0.39, 0.29) is 5.41 Å². The van der Waals surface area contributed by atoms with Crippen LogP contribution in [0.25, 0.3) is 110 Å². The molecule has 0 atom stereocenters. The minimum Gasteiger partial charge on any atom is -0.456 e. The van der Waals surface area contributed by atoms with Crippen LogP contribution in [-0.2, 0) is 5.41 Å². The highest BCUT2D eigenvalue weighted by molar-refractivity contribution is 6.24. The smallest absolute Gasteiger partial charge is 0.136 e. The standard InChI is InChI=1S/C55H36O/c1-55(2)48-30-35(24-26-40(48)46-31-47-51(32-49(46)55)56-50-29-25-34-16-6-7-17-37(34)54(47)50)52-41-20-10-12-22-43(41)53(44-23-13-11-21-42(44)52)45-28-27-36(33-14-4-3-5-15-33)38-18-8-9-19-39(38)45/h3-32H,1-2H3. The molecule has 0 unspecified atom stereocenters. The first-order chi connectivity index (χ1) is 27.5. The summed E-state index contributed by atoms with van der Waals surface area (Å²) < 4.78 is 6.57. The predicted molar refractivity (Wildman–Crippen MR) is 238 cm³/mol. The molecule has 56 heavy (non-hydrogen) atoms. The highest BCUT2D eigenvalue weighted by Gasteiger charge is 2.37. The third-order valence-electron chi connectivity index (χ3n) is 12.7. The van der Waals surface area contributed by atoms with Crippen molar-refractivity contribution in [3.63, 3.8) is 0 Å². The molecule has 1 aliphatic rings. The monoisotopic (exact) mass is 712 g/mol. The van der Waals surface area contributed by atoms with Gasteiger partial charge in [0.2, 0.25) is 0 Å². The summed E-state index contributed by atoms with van der Waals surface area (Å²) in [5, 5.41) is 12.4. The molecule has 1 aromatic heterocycles. The number of rotatable bonds is 3. The van der Waals surface area contributed by atoms with Crippen LogP contribution in [0.4, 0.5) is 0 Å². The van der Waals surface area contributed by atoms with Crippen molar-refractivity contribution in [1.29, 1.82) is 0 Å². The molecule has 0 aliphatic heterocycles. The van der Waals surface area contributed by atoms with Crippen LogP contribution in [0.3, 0.4) is 0 Å². The largest absolute Gasteiger partial charge is 0.456 e. The van der Waals surface area contributed by atoms with Crippen LogP contribution >= 0.6 is 0 Å². The van der Waals surface area contributed by atoms with Crippen LogP contribution in [0.2, 0.25) is 0 Å². The van der Waals surface area contributed by atoms with Crippen LogP contribution in [0.1, 0.15) is 25.0 Å². The number of hydrogen-bond donors (Lipinski definition) is 0. The summed E-state index contributed by atoms with van der Waals surface area (Å²) in [6, 6.07) is 67.1. The van der Waals surface area contributed by atoms with Gasteiger partial charge < -0.3 is 4.42 Å². The van der Waals surface area contributed by atoms with Crippen molar-refractivity contribution in [3.05, 3.63) is 193 Å². The van der Waals surface area contributed by atoms with E-state index in [9.17, 15) is 0 Å². The molecule has 1 aliphatic carbocycles. The summed E-state index contributed by atoms with van der Waals surface area (Å²) >= 11 is 0. The van der Waals surface area contributed by atoms with Gasteiger partial charge in [0.05, 0.1) is 0 Å². The molecule has 0 bridgehead atoms. The predicted octanol–water partition coefficient (Wildman–Crippen LogP) is 15.5. The Morgan fingerprint density at radius 3 is 1.61 bits per heavy atom. The second kappa shape index (κ2) is 11.5. The van der Waals surface area contributed by atoms with Gasteiger partial charge in [0.25, 0.3) is 0 Å². The van der Waals surface area contributed by atoms with E-state index in [0.717, 1.165) is 11.2 Å². The highest BCUT2D eigenvalue weighted by atomic mass is 16.3. The van der Waals surface area contributed by atoms with Gasteiger partial charge in [-0.1, -0.05) is 172 Å². The molecule has 11 aromatic rings. The van der Waals surface area contributed by atoms with Gasteiger partial charge in [-0.2, -0.15) is 0 Å². The zero-order valence-electron chi connectivity index (χ0n) is 31.2. The Kier molecular flexibility index (Phi) is 6.46. The molecule has 10 aromatic carbocycles. The summed E-state index contributed by atoms with van der Waals surface area (Å²) in [4.78, 5) is 0. The molecule has 1 heteroatoms. The molecule has 0 radical (unpaired) electrons. The highest BCUT2D eigenvalue weighted by Crippen LogP contribution is 2.53. The second-order valence-corrected chi connectivity index (χ2v) is 16.0. The maximum atomic E-state index is 6.57. The van der Waals surface area contributed by atoms with Crippen molar-refractivity contribution in [2.45, 2.75) is 19.3 Å². The number of benzene rings is 10. The van der Waals surface area contributed by atoms with Gasteiger partial charge in [0.15, 0.2) is 0 Å². The van der Waals surface area contributed by atoms with Gasteiger partial charge in [-0.3, -0.25) is 0 Å². The van der Waals surface area contributed by atoms with Crippen LogP contribution in [0.5, 0.6) is 0 Å². The van der Waals surface area contributed by atoms with Crippen molar-refractivity contribution in [2.75, 3.05) is 0 Å². The molecular weight excluding hydrogens is 677 g/mol. The molecular formula is C55H36O. The van der Waals surface area contributed by atoms with Gasteiger partial charge in [-0.05, 0) is 123 Å².